The lowest BCUT2D eigenvalue weighted by Crippen LogP contribution is -2.33. The van der Waals surface area contributed by atoms with Crippen LogP contribution in [-0.4, -0.2) is 22.1 Å². The zero-order valence-electron chi connectivity index (χ0n) is 10.8. The van der Waals surface area contributed by atoms with Crippen molar-refractivity contribution >= 4 is 34.5 Å². The fourth-order valence-electron chi connectivity index (χ4n) is 1.83. The highest BCUT2D eigenvalue weighted by Crippen LogP contribution is 2.21. The second kappa shape index (κ2) is 6.57. The number of benzene rings is 2. The fraction of sp³-hybridized carbons (Fsp3) is 0.0667. The summed E-state index contributed by atoms with van der Waals surface area (Å²) in [6.07, 6.45) is 0. The molecule has 1 amide bonds. The van der Waals surface area contributed by atoms with E-state index < -0.39 is 17.9 Å². The second-order valence-electron chi connectivity index (χ2n) is 4.32. The molecule has 6 heteroatoms. The molecule has 0 aliphatic rings. The van der Waals surface area contributed by atoms with E-state index in [1.165, 1.54) is 12.1 Å². The first-order valence-electron chi connectivity index (χ1n) is 6.06. The van der Waals surface area contributed by atoms with Crippen molar-refractivity contribution in [3.05, 3.63) is 63.2 Å². The van der Waals surface area contributed by atoms with Crippen LogP contribution in [0.1, 0.15) is 22.0 Å². The molecular formula is C15H12INO4. The zero-order chi connectivity index (χ0) is 15.4. The van der Waals surface area contributed by atoms with Crippen LogP contribution in [0.4, 0.5) is 0 Å². The lowest BCUT2D eigenvalue weighted by atomic mass is 10.1. The number of nitrogens with one attached hydrogen (secondary N) is 1. The van der Waals surface area contributed by atoms with Gasteiger partial charge in [-0.3, -0.25) is 4.79 Å². The lowest BCUT2D eigenvalue weighted by molar-refractivity contribution is -0.139. The van der Waals surface area contributed by atoms with Crippen LogP contribution in [0.5, 0.6) is 5.75 Å². The molecule has 0 spiro atoms. The Bertz CT molecular complexity index is 673. The van der Waals surface area contributed by atoms with Crippen LogP contribution in [0.3, 0.4) is 0 Å². The molecule has 2 aromatic carbocycles. The summed E-state index contributed by atoms with van der Waals surface area (Å²) in [5.74, 6) is -1.99. The summed E-state index contributed by atoms with van der Waals surface area (Å²) >= 11 is 2.01. The summed E-state index contributed by atoms with van der Waals surface area (Å²) in [6, 6.07) is 11.8. The van der Waals surface area contributed by atoms with Gasteiger partial charge in [0.1, 0.15) is 5.75 Å². The van der Waals surface area contributed by atoms with Crippen LogP contribution < -0.4 is 5.32 Å². The van der Waals surface area contributed by atoms with Crippen molar-refractivity contribution in [2.75, 3.05) is 0 Å². The van der Waals surface area contributed by atoms with E-state index in [9.17, 15) is 19.8 Å². The molecular weight excluding hydrogens is 385 g/mol. The third-order valence-electron chi connectivity index (χ3n) is 2.86. The van der Waals surface area contributed by atoms with Gasteiger partial charge in [-0.15, -0.1) is 0 Å². The van der Waals surface area contributed by atoms with Crippen molar-refractivity contribution in [1.82, 2.24) is 5.32 Å². The molecule has 0 radical (unpaired) electrons. The monoisotopic (exact) mass is 397 g/mol. The van der Waals surface area contributed by atoms with Crippen LogP contribution >= 0.6 is 22.6 Å². The quantitative estimate of drug-likeness (QED) is 0.693. The number of halogens is 1. The highest BCUT2D eigenvalue weighted by atomic mass is 127. The van der Waals surface area contributed by atoms with E-state index in [1.807, 2.05) is 22.6 Å². The van der Waals surface area contributed by atoms with Gasteiger partial charge in [-0.1, -0.05) is 30.3 Å². The van der Waals surface area contributed by atoms with Gasteiger partial charge in [0.2, 0.25) is 0 Å². The molecule has 1 atom stereocenters. The number of phenolic OH excluding ortho intramolecular Hbond substituents is 1. The smallest absolute Gasteiger partial charge is 0.330 e. The SMILES string of the molecule is O=C(N[C@@H](C(=O)O)c1ccccc1)c1cc(I)ccc1O. The number of amides is 1. The molecule has 21 heavy (non-hydrogen) atoms. The highest BCUT2D eigenvalue weighted by molar-refractivity contribution is 14.1. The lowest BCUT2D eigenvalue weighted by Gasteiger charge is -2.15. The molecule has 3 N–H and O–H groups in total. The number of carbonyl (C=O) groups is 2. The van der Waals surface area contributed by atoms with E-state index in [0.717, 1.165) is 3.57 Å². The first-order valence-corrected chi connectivity index (χ1v) is 7.14. The molecule has 0 heterocycles. The van der Waals surface area contributed by atoms with E-state index in [4.69, 9.17) is 0 Å². The van der Waals surface area contributed by atoms with Gasteiger partial charge in [0.15, 0.2) is 6.04 Å². The van der Waals surface area contributed by atoms with E-state index in [0.29, 0.717) is 5.56 Å². The first-order chi connectivity index (χ1) is 9.99. The molecule has 2 aromatic rings. The van der Waals surface area contributed by atoms with E-state index in [2.05, 4.69) is 5.32 Å². The average molecular weight is 397 g/mol. The normalized spacial score (nSPS) is 11.7. The van der Waals surface area contributed by atoms with Gasteiger partial charge in [0.05, 0.1) is 5.56 Å². The molecule has 0 aliphatic heterocycles. The molecule has 0 bridgehead atoms. The van der Waals surface area contributed by atoms with Crippen LogP contribution in [0.25, 0.3) is 0 Å². The molecule has 0 aromatic heterocycles. The predicted molar refractivity (Wildman–Crippen MR) is 85.1 cm³/mol. The number of hydrogen-bond donors (Lipinski definition) is 3. The van der Waals surface area contributed by atoms with Gasteiger partial charge < -0.3 is 15.5 Å². The van der Waals surface area contributed by atoms with Crippen LogP contribution in [0, 0.1) is 3.57 Å². The van der Waals surface area contributed by atoms with Crippen molar-refractivity contribution < 1.29 is 19.8 Å². The fourth-order valence-corrected chi connectivity index (χ4v) is 2.32. The van der Waals surface area contributed by atoms with Crippen LogP contribution in [-0.2, 0) is 4.79 Å². The summed E-state index contributed by atoms with van der Waals surface area (Å²) in [5, 5.41) is 21.4. The standard InChI is InChI=1S/C15H12INO4/c16-10-6-7-12(18)11(8-10)14(19)17-13(15(20)21)9-4-2-1-3-5-9/h1-8,13,18H,(H,17,19)(H,20,21)/t13-/m1/s1. The number of carbonyl (C=O) groups excluding carboxylic acids is 1. The number of rotatable bonds is 4. The van der Waals surface area contributed by atoms with Gasteiger partial charge in [-0.05, 0) is 46.4 Å². The number of aromatic hydroxyl groups is 1. The van der Waals surface area contributed by atoms with Crippen molar-refractivity contribution in [1.29, 1.82) is 0 Å². The summed E-state index contributed by atoms with van der Waals surface area (Å²) in [6.45, 7) is 0. The first kappa shape index (κ1) is 15.3. The Morgan fingerprint density at radius 1 is 1.10 bits per heavy atom. The number of aliphatic carboxylic acids is 1. The van der Waals surface area contributed by atoms with Crippen molar-refractivity contribution in [2.45, 2.75) is 6.04 Å². The van der Waals surface area contributed by atoms with Gasteiger partial charge >= 0.3 is 5.97 Å². The van der Waals surface area contributed by atoms with Gasteiger partial charge in [-0.2, -0.15) is 0 Å². The Hall–Kier alpha value is -2.09. The van der Waals surface area contributed by atoms with Crippen molar-refractivity contribution in [2.24, 2.45) is 0 Å². The molecule has 0 saturated carbocycles. The molecule has 2 rings (SSSR count). The maximum atomic E-state index is 12.2. The Morgan fingerprint density at radius 3 is 2.38 bits per heavy atom. The molecule has 108 valence electrons. The van der Waals surface area contributed by atoms with E-state index in [-0.39, 0.29) is 11.3 Å². The summed E-state index contributed by atoms with van der Waals surface area (Å²) in [7, 11) is 0. The minimum absolute atomic E-state index is 0.0454. The summed E-state index contributed by atoms with van der Waals surface area (Å²) in [5.41, 5.74) is 0.507. The van der Waals surface area contributed by atoms with Crippen LogP contribution in [0.2, 0.25) is 0 Å². The molecule has 0 saturated heterocycles. The number of carboxylic acids is 1. The topological polar surface area (TPSA) is 86.6 Å². The number of carboxylic acid groups (broad SMARTS) is 1. The third-order valence-corrected chi connectivity index (χ3v) is 3.53. The average Bonchev–Trinajstić information content (AvgIpc) is 2.47. The predicted octanol–water partition coefficient (Wildman–Crippen LogP) is 2.55. The maximum Gasteiger partial charge on any atom is 0.330 e. The zero-order valence-corrected chi connectivity index (χ0v) is 12.9. The highest BCUT2D eigenvalue weighted by Gasteiger charge is 2.23. The second-order valence-corrected chi connectivity index (χ2v) is 5.56. The minimum atomic E-state index is -1.17. The Morgan fingerprint density at radius 2 is 1.76 bits per heavy atom. The Labute approximate surface area is 134 Å². The summed E-state index contributed by atoms with van der Waals surface area (Å²) < 4.78 is 0.766. The minimum Gasteiger partial charge on any atom is -0.507 e. The van der Waals surface area contributed by atoms with Gasteiger partial charge in [-0.25, -0.2) is 4.79 Å². The number of hydrogen-bond acceptors (Lipinski definition) is 3. The largest absolute Gasteiger partial charge is 0.507 e. The van der Waals surface area contributed by atoms with E-state index in [1.54, 1.807) is 36.4 Å². The number of phenols is 1. The molecule has 0 unspecified atom stereocenters. The van der Waals surface area contributed by atoms with Gasteiger partial charge in [0.25, 0.3) is 5.91 Å². The third kappa shape index (κ3) is 3.72. The molecule has 5 nitrogen and oxygen atoms in total. The van der Waals surface area contributed by atoms with Crippen LogP contribution in [0.15, 0.2) is 48.5 Å². The summed E-state index contributed by atoms with van der Waals surface area (Å²) in [4.78, 5) is 23.5. The van der Waals surface area contributed by atoms with Crippen molar-refractivity contribution in [3.63, 3.8) is 0 Å². The Balaban J connectivity index is 2.27. The Kier molecular flexibility index (Phi) is 4.79. The van der Waals surface area contributed by atoms with E-state index >= 15 is 0 Å². The van der Waals surface area contributed by atoms with Gasteiger partial charge in [0, 0.05) is 3.57 Å². The molecule has 0 fully saturated rings. The molecule has 0 aliphatic carbocycles. The van der Waals surface area contributed by atoms with Crippen molar-refractivity contribution in [3.8, 4) is 5.75 Å². The maximum absolute atomic E-state index is 12.2.